The molecule has 0 saturated carbocycles. The Morgan fingerprint density at radius 2 is 0.960 bits per heavy atom. The molecule has 2 heteroatoms. The van der Waals surface area contributed by atoms with Gasteiger partial charge >= 0.3 is 0 Å². The van der Waals surface area contributed by atoms with Crippen molar-refractivity contribution in [3.63, 3.8) is 0 Å². The van der Waals surface area contributed by atoms with Crippen LogP contribution in [0.4, 0.5) is 0 Å². The van der Waals surface area contributed by atoms with Gasteiger partial charge in [-0.2, -0.15) is 0 Å². The van der Waals surface area contributed by atoms with Gasteiger partial charge in [0.15, 0.2) is 0 Å². The van der Waals surface area contributed by atoms with E-state index in [0.29, 0.717) is 0 Å². The van der Waals surface area contributed by atoms with Crippen molar-refractivity contribution >= 4 is 17.0 Å². The topological polar surface area (TPSA) is 26.0 Å². The lowest BCUT2D eigenvalue weighted by Gasteiger charge is -2.02. The van der Waals surface area contributed by atoms with Crippen LogP contribution in [0.2, 0.25) is 0 Å². The number of aryl methyl sites for hydroxylation is 1. The smallest absolute Gasteiger partial charge is 0.00773 e. The number of nitrogens with two attached hydrogens (primary N) is 1. The van der Waals surface area contributed by atoms with Crippen molar-refractivity contribution in [2.24, 2.45) is 5.73 Å². The van der Waals surface area contributed by atoms with Crippen LogP contribution >= 0.6 is 17.0 Å². The Balaban J connectivity index is 0. The van der Waals surface area contributed by atoms with E-state index in [1.54, 1.807) is 0 Å². The second kappa shape index (κ2) is 23.7. The van der Waals surface area contributed by atoms with Gasteiger partial charge in [-0.15, -0.1) is 17.0 Å². The number of rotatable bonds is 14. The van der Waals surface area contributed by atoms with Gasteiger partial charge in [-0.3, -0.25) is 0 Å². The summed E-state index contributed by atoms with van der Waals surface area (Å²) in [6.45, 7) is 5.24. The normalized spacial score (nSPS) is 9.88. The predicted octanol–water partition coefficient (Wildman–Crippen LogP) is 8.00. The summed E-state index contributed by atoms with van der Waals surface area (Å²) in [4.78, 5) is 0. The van der Waals surface area contributed by atoms with E-state index in [1.807, 2.05) is 18.2 Å². The van der Waals surface area contributed by atoms with E-state index in [9.17, 15) is 0 Å². The van der Waals surface area contributed by atoms with E-state index < -0.39 is 0 Å². The summed E-state index contributed by atoms with van der Waals surface area (Å²) >= 11 is 0. The highest BCUT2D eigenvalue weighted by atomic mass is 79.9. The average molecular weight is 415 g/mol. The summed E-state index contributed by atoms with van der Waals surface area (Å²) < 4.78 is 0. The van der Waals surface area contributed by atoms with E-state index >= 15 is 0 Å². The first-order chi connectivity index (χ1) is 11.8. The quantitative estimate of drug-likeness (QED) is 0.307. The van der Waals surface area contributed by atoms with Crippen molar-refractivity contribution in [2.45, 2.75) is 104 Å². The third-order valence-electron chi connectivity index (χ3n) is 4.50. The lowest BCUT2D eigenvalue weighted by molar-refractivity contribution is 0.536. The Labute approximate surface area is 168 Å². The molecule has 1 nitrogen and oxygen atoms in total. The zero-order chi connectivity index (χ0) is 17.7. The van der Waals surface area contributed by atoms with Crippen molar-refractivity contribution in [3.8, 4) is 0 Å². The zero-order valence-corrected chi connectivity index (χ0v) is 18.7. The van der Waals surface area contributed by atoms with Crippen LogP contribution in [0.3, 0.4) is 0 Å². The molecule has 2 N–H and O–H groups in total. The Morgan fingerprint density at radius 1 is 0.600 bits per heavy atom. The summed E-state index contributed by atoms with van der Waals surface area (Å²) in [6, 6.07) is 10.3. The fraction of sp³-hybridized carbons (Fsp3) is 0.739. The molecular formula is C23H44BrN. The van der Waals surface area contributed by atoms with Crippen molar-refractivity contribution in [1.82, 2.24) is 0 Å². The summed E-state index contributed by atoms with van der Waals surface area (Å²) in [6.07, 6.45) is 19.9. The van der Waals surface area contributed by atoms with E-state index in [1.165, 1.54) is 95.5 Å². The monoisotopic (exact) mass is 413 g/mol. The molecule has 148 valence electrons. The lowest BCUT2D eigenvalue weighted by atomic mass is 10.0. The SMILES string of the molecule is Br.CCCCCCCCCCCCCCCCN.Cc1ccccc1. The maximum Gasteiger partial charge on any atom is -0.00773 e. The highest BCUT2D eigenvalue weighted by Crippen LogP contribution is 2.12. The van der Waals surface area contributed by atoms with Crippen LogP contribution in [-0.4, -0.2) is 6.54 Å². The summed E-state index contributed by atoms with van der Waals surface area (Å²) in [5.41, 5.74) is 6.79. The van der Waals surface area contributed by atoms with Crippen LogP contribution < -0.4 is 5.73 Å². The van der Waals surface area contributed by atoms with E-state index in [-0.39, 0.29) is 17.0 Å². The average Bonchev–Trinajstić information content (AvgIpc) is 2.60. The molecule has 0 saturated heterocycles. The van der Waals surface area contributed by atoms with Crippen LogP contribution in [-0.2, 0) is 0 Å². The number of hydrogen-bond acceptors (Lipinski definition) is 1. The van der Waals surface area contributed by atoms with Crippen LogP contribution in [0, 0.1) is 6.92 Å². The molecule has 0 heterocycles. The van der Waals surface area contributed by atoms with Crippen LogP contribution in [0.1, 0.15) is 102 Å². The summed E-state index contributed by atoms with van der Waals surface area (Å²) in [7, 11) is 0. The first kappa shape index (κ1) is 26.9. The van der Waals surface area contributed by atoms with Gasteiger partial charge in [-0.25, -0.2) is 0 Å². The Hall–Kier alpha value is -0.340. The van der Waals surface area contributed by atoms with Crippen molar-refractivity contribution in [3.05, 3.63) is 35.9 Å². The van der Waals surface area contributed by atoms with E-state index in [4.69, 9.17) is 5.73 Å². The molecule has 1 rings (SSSR count). The highest BCUT2D eigenvalue weighted by molar-refractivity contribution is 8.93. The minimum Gasteiger partial charge on any atom is -0.330 e. The second-order valence-electron chi connectivity index (χ2n) is 7.04. The van der Waals surface area contributed by atoms with Crippen molar-refractivity contribution in [1.29, 1.82) is 0 Å². The minimum atomic E-state index is 0. The maximum atomic E-state index is 5.47. The van der Waals surface area contributed by atoms with Gasteiger partial charge < -0.3 is 5.73 Å². The molecule has 0 bridgehead atoms. The molecular weight excluding hydrogens is 370 g/mol. The molecule has 0 unspecified atom stereocenters. The van der Waals surface area contributed by atoms with Crippen molar-refractivity contribution in [2.75, 3.05) is 6.54 Å². The molecule has 0 aliphatic rings. The molecule has 0 radical (unpaired) electrons. The number of halogens is 1. The lowest BCUT2D eigenvalue weighted by Crippen LogP contribution is -1.97. The zero-order valence-electron chi connectivity index (χ0n) is 17.0. The molecule has 0 fully saturated rings. The molecule has 0 atom stereocenters. The predicted molar refractivity (Wildman–Crippen MR) is 121 cm³/mol. The molecule has 0 aromatic heterocycles. The van der Waals surface area contributed by atoms with Gasteiger partial charge in [0.05, 0.1) is 0 Å². The Morgan fingerprint density at radius 3 is 1.24 bits per heavy atom. The van der Waals surface area contributed by atoms with Gasteiger partial charge in [-0.1, -0.05) is 126 Å². The molecule has 1 aromatic carbocycles. The van der Waals surface area contributed by atoms with Gasteiger partial charge in [0.1, 0.15) is 0 Å². The van der Waals surface area contributed by atoms with Crippen LogP contribution in [0.15, 0.2) is 30.3 Å². The van der Waals surface area contributed by atoms with Crippen molar-refractivity contribution < 1.29 is 0 Å². The van der Waals surface area contributed by atoms with Crippen LogP contribution in [0.5, 0.6) is 0 Å². The van der Waals surface area contributed by atoms with E-state index in [0.717, 1.165) is 6.54 Å². The standard InChI is InChI=1S/C16H35N.C7H8.BrH/c1-2-3-4-5-6-7-8-9-10-11-12-13-14-15-16-17;1-7-5-3-2-4-6-7;/h2-17H2,1H3;2-6H,1H3;1H. The Kier molecular flexibility index (Phi) is 25.4. The first-order valence-electron chi connectivity index (χ1n) is 10.5. The van der Waals surface area contributed by atoms with E-state index in [2.05, 4.69) is 26.0 Å². The Bertz CT molecular complexity index is 312. The maximum absolute atomic E-state index is 5.47. The fourth-order valence-corrected chi connectivity index (χ4v) is 2.87. The number of benzene rings is 1. The molecule has 0 amide bonds. The summed E-state index contributed by atoms with van der Waals surface area (Å²) in [5, 5.41) is 0. The van der Waals surface area contributed by atoms with Gasteiger partial charge in [0.25, 0.3) is 0 Å². The molecule has 25 heavy (non-hydrogen) atoms. The highest BCUT2D eigenvalue weighted by Gasteiger charge is 1.93. The van der Waals surface area contributed by atoms with Crippen LogP contribution in [0.25, 0.3) is 0 Å². The number of unbranched alkanes of at least 4 members (excludes halogenated alkanes) is 13. The number of hydrogen-bond donors (Lipinski definition) is 1. The van der Waals surface area contributed by atoms with Gasteiger partial charge in [0.2, 0.25) is 0 Å². The molecule has 0 aliphatic carbocycles. The van der Waals surface area contributed by atoms with Gasteiger partial charge in [-0.05, 0) is 19.9 Å². The summed E-state index contributed by atoms with van der Waals surface area (Å²) in [5.74, 6) is 0. The molecule has 1 aromatic rings. The fourth-order valence-electron chi connectivity index (χ4n) is 2.87. The minimum absolute atomic E-state index is 0. The largest absolute Gasteiger partial charge is 0.330 e. The first-order valence-corrected chi connectivity index (χ1v) is 10.5. The third kappa shape index (κ3) is 23.7. The van der Waals surface area contributed by atoms with Gasteiger partial charge in [0, 0.05) is 0 Å². The molecule has 0 spiro atoms. The second-order valence-corrected chi connectivity index (χ2v) is 7.04. The third-order valence-corrected chi connectivity index (χ3v) is 4.50. The molecule has 0 aliphatic heterocycles.